The summed E-state index contributed by atoms with van der Waals surface area (Å²) in [5.41, 5.74) is 0. The maximum absolute atomic E-state index is 9.62. The molecule has 5 nitrogen and oxygen atoms in total. The van der Waals surface area contributed by atoms with Gasteiger partial charge in [0.1, 0.15) is 0 Å². The summed E-state index contributed by atoms with van der Waals surface area (Å²) in [6.45, 7) is 0.771. The molecule has 0 aromatic heterocycles. The number of hydroxylamine groups is 3. The molecule has 0 saturated carbocycles. The molecule has 0 heterocycles. The molecule has 1 amide bonds. The van der Waals surface area contributed by atoms with E-state index in [9.17, 15) is 10.0 Å². The molecule has 0 bridgehead atoms. The summed E-state index contributed by atoms with van der Waals surface area (Å²) in [4.78, 5) is 6.79. The zero-order chi connectivity index (χ0) is 6.08. The monoisotopic (exact) mass is 107 g/mol. The number of quaternary nitrogens is 1. The first-order valence-electron chi connectivity index (χ1n) is 1.51. The topological polar surface area (TPSA) is 80.6 Å². The molecule has 0 unspecified atom stereocenters. The van der Waals surface area contributed by atoms with Crippen molar-refractivity contribution in [3.8, 4) is 0 Å². The Morgan fingerprint density at radius 1 is 1.71 bits per heavy atom. The van der Waals surface area contributed by atoms with Crippen molar-refractivity contribution < 1.29 is 20.2 Å². The quantitative estimate of drug-likeness (QED) is 0.251. The molecule has 0 aromatic carbocycles. The number of carbonyl (C=O) groups is 1. The Hall–Kier alpha value is -0.490. The van der Waals surface area contributed by atoms with E-state index in [-0.39, 0.29) is 0 Å². The van der Waals surface area contributed by atoms with Crippen LogP contribution in [-0.2, 0) is 4.79 Å². The van der Waals surface area contributed by atoms with Gasteiger partial charge in [-0.25, -0.2) is 4.79 Å². The second kappa shape index (κ2) is 1.55. The highest BCUT2D eigenvalue weighted by molar-refractivity contribution is 5.64. The van der Waals surface area contributed by atoms with E-state index in [0.717, 1.165) is 6.92 Å². The van der Waals surface area contributed by atoms with Crippen molar-refractivity contribution in [2.24, 2.45) is 0 Å². The normalized spacial score (nSPS) is 11.4. The molecule has 0 rings (SSSR count). The van der Waals surface area contributed by atoms with Gasteiger partial charge in [-0.05, 0) is 4.97 Å². The average molecular weight is 107 g/mol. The Morgan fingerprint density at radius 3 is 1.86 bits per heavy atom. The predicted molar refractivity (Wildman–Crippen MR) is 17.9 cm³/mol. The molecule has 0 fully saturated rings. The van der Waals surface area contributed by atoms with Crippen molar-refractivity contribution in [1.29, 1.82) is 0 Å². The van der Waals surface area contributed by atoms with Gasteiger partial charge in [0.05, 0.1) is 6.92 Å². The minimum absolute atomic E-state index is 0.771. The molecule has 7 heavy (non-hydrogen) atoms. The first kappa shape index (κ1) is 6.51. The highest BCUT2D eigenvalue weighted by Crippen LogP contribution is 1.88. The van der Waals surface area contributed by atoms with Gasteiger partial charge < -0.3 is 5.21 Å². The molecule has 0 spiro atoms. The molecule has 0 aliphatic heterocycles. The van der Waals surface area contributed by atoms with E-state index in [1.54, 1.807) is 0 Å². The standard InChI is InChI=1S/C2H5NO4/c1-2(4)3(5,6)7/h5-6H,1H3. The predicted octanol–water partition coefficient (Wildman–Crippen LogP) is -0.374. The number of rotatable bonds is 0. The van der Waals surface area contributed by atoms with Gasteiger partial charge in [0.2, 0.25) is 0 Å². The minimum Gasteiger partial charge on any atom is -0.557 e. The van der Waals surface area contributed by atoms with Crippen molar-refractivity contribution in [2.75, 3.05) is 0 Å². The van der Waals surface area contributed by atoms with Crippen LogP contribution in [0.15, 0.2) is 0 Å². The van der Waals surface area contributed by atoms with Crippen LogP contribution in [0.4, 0.5) is 0 Å². The van der Waals surface area contributed by atoms with Crippen molar-refractivity contribution in [3.05, 3.63) is 5.21 Å². The van der Waals surface area contributed by atoms with E-state index in [0.29, 0.717) is 0 Å². The van der Waals surface area contributed by atoms with Crippen molar-refractivity contribution in [3.63, 3.8) is 0 Å². The van der Waals surface area contributed by atoms with Crippen LogP contribution in [0, 0.1) is 5.21 Å². The van der Waals surface area contributed by atoms with Gasteiger partial charge in [-0.2, -0.15) is 10.4 Å². The van der Waals surface area contributed by atoms with Crippen LogP contribution in [0.2, 0.25) is 0 Å². The molecule has 0 aliphatic carbocycles. The summed E-state index contributed by atoms with van der Waals surface area (Å²) >= 11 is 0. The SMILES string of the molecule is CC(=O)[N+]([O-])(O)O. The molecule has 5 heteroatoms. The van der Waals surface area contributed by atoms with Crippen LogP contribution in [0.1, 0.15) is 6.92 Å². The van der Waals surface area contributed by atoms with Gasteiger partial charge in [0.15, 0.2) is 0 Å². The Balaban J connectivity index is 3.79. The molecular formula is C2H5NO4. The third-order valence-electron chi connectivity index (χ3n) is 0.410. The van der Waals surface area contributed by atoms with Crippen LogP contribution < -0.4 is 0 Å². The molecule has 0 atom stereocenters. The van der Waals surface area contributed by atoms with Crippen LogP contribution >= 0.6 is 0 Å². The van der Waals surface area contributed by atoms with Gasteiger partial charge in [0.25, 0.3) is 0 Å². The molecule has 0 aliphatic rings. The van der Waals surface area contributed by atoms with Gasteiger partial charge >= 0.3 is 5.91 Å². The van der Waals surface area contributed by atoms with E-state index in [4.69, 9.17) is 10.4 Å². The van der Waals surface area contributed by atoms with Crippen molar-refractivity contribution in [2.45, 2.75) is 6.92 Å². The summed E-state index contributed by atoms with van der Waals surface area (Å²) in [5, 5.41) is 24.9. The van der Waals surface area contributed by atoms with Crippen LogP contribution in [0.3, 0.4) is 0 Å². The fourth-order valence-corrected chi connectivity index (χ4v) is 0. The third kappa shape index (κ3) is 2.24. The Labute approximate surface area is 39.5 Å². The minimum atomic E-state index is -2.83. The zero-order valence-corrected chi connectivity index (χ0v) is 3.66. The number of amides is 1. The van der Waals surface area contributed by atoms with Gasteiger partial charge in [-0.15, -0.1) is 0 Å². The van der Waals surface area contributed by atoms with Crippen LogP contribution in [0.25, 0.3) is 0 Å². The van der Waals surface area contributed by atoms with Gasteiger partial charge in [-0.1, -0.05) is 0 Å². The summed E-state index contributed by atoms with van der Waals surface area (Å²) < 4.78 is 0. The molecule has 0 aromatic rings. The Morgan fingerprint density at radius 2 is 1.86 bits per heavy atom. The summed E-state index contributed by atoms with van der Waals surface area (Å²) in [6.07, 6.45) is 0. The lowest BCUT2D eigenvalue weighted by Gasteiger charge is -2.17. The second-order valence-corrected chi connectivity index (χ2v) is 1.06. The average Bonchev–Trinajstić information content (AvgIpc) is 1.31. The third-order valence-corrected chi connectivity index (χ3v) is 0.410. The van der Waals surface area contributed by atoms with E-state index in [1.165, 1.54) is 0 Å². The van der Waals surface area contributed by atoms with Crippen LogP contribution in [-0.4, -0.2) is 21.3 Å². The van der Waals surface area contributed by atoms with Crippen molar-refractivity contribution >= 4 is 5.91 Å². The fraction of sp³-hybridized carbons (Fsp3) is 0.500. The highest BCUT2D eigenvalue weighted by Gasteiger charge is 2.15. The van der Waals surface area contributed by atoms with E-state index in [2.05, 4.69) is 0 Å². The first-order chi connectivity index (χ1) is 2.94. The second-order valence-electron chi connectivity index (χ2n) is 1.06. The maximum Gasteiger partial charge on any atom is 0.376 e. The molecule has 42 valence electrons. The number of nitrogens with zero attached hydrogens (tertiary/aromatic N) is 1. The largest absolute Gasteiger partial charge is 0.557 e. The number of hydrogen-bond donors (Lipinski definition) is 2. The first-order valence-corrected chi connectivity index (χ1v) is 1.51. The lowest BCUT2D eigenvalue weighted by Crippen LogP contribution is -2.38. The Bertz CT molecular complexity index is 82.2. The summed E-state index contributed by atoms with van der Waals surface area (Å²) in [5.74, 6) is -1.26. The molecular weight excluding hydrogens is 102 g/mol. The van der Waals surface area contributed by atoms with Crippen LogP contribution in [0.5, 0.6) is 0 Å². The number of carbonyl (C=O) groups excluding carboxylic acids is 1. The lowest BCUT2D eigenvalue weighted by molar-refractivity contribution is -1.15. The van der Waals surface area contributed by atoms with Gasteiger partial charge in [0, 0.05) is 0 Å². The van der Waals surface area contributed by atoms with E-state index >= 15 is 0 Å². The smallest absolute Gasteiger partial charge is 0.376 e. The van der Waals surface area contributed by atoms with Gasteiger partial charge in [-0.3, -0.25) is 0 Å². The zero-order valence-electron chi connectivity index (χ0n) is 3.66. The highest BCUT2D eigenvalue weighted by atomic mass is 17.1. The Kier molecular flexibility index (Phi) is 1.44. The maximum atomic E-state index is 9.62. The summed E-state index contributed by atoms with van der Waals surface area (Å²) in [6, 6.07) is 0. The van der Waals surface area contributed by atoms with E-state index < -0.39 is 10.9 Å². The van der Waals surface area contributed by atoms with E-state index in [1.807, 2.05) is 0 Å². The fourth-order valence-electron chi connectivity index (χ4n) is 0. The summed E-state index contributed by atoms with van der Waals surface area (Å²) in [7, 11) is 0. The van der Waals surface area contributed by atoms with Crippen molar-refractivity contribution in [1.82, 2.24) is 0 Å². The molecule has 2 N–H and O–H groups in total. The molecule has 0 radical (unpaired) electrons. The molecule has 0 saturated heterocycles. The number of hydrogen-bond acceptors (Lipinski definition) is 4. The lowest BCUT2D eigenvalue weighted by atomic mass is 10.8.